The van der Waals surface area contributed by atoms with Crippen LogP contribution in [0.1, 0.15) is 35.3 Å². The van der Waals surface area contributed by atoms with Crippen molar-refractivity contribution in [2.45, 2.75) is 39.2 Å². The van der Waals surface area contributed by atoms with Crippen molar-refractivity contribution in [1.82, 2.24) is 14.9 Å². The average molecular weight is 356 g/mol. The number of fused-ring (bicyclic) bond motifs is 1. The van der Waals surface area contributed by atoms with Crippen LogP contribution in [-0.2, 0) is 17.8 Å². The molecule has 0 aliphatic carbocycles. The number of carbonyl (C=O) groups is 1. The third-order valence-electron chi connectivity index (χ3n) is 5.29. The molecule has 0 bridgehead atoms. The van der Waals surface area contributed by atoms with Gasteiger partial charge in [0.05, 0.1) is 0 Å². The van der Waals surface area contributed by atoms with E-state index in [1.807, 2.05) is 35.6 Å². The lowest BCUT2D eigenvalue weighted by molar-refractivity contribution is -0.133. The zero-order valence-electron chi connectivity index (χ0n) is 14.6. The maximum Gasteiger partial charge on any atom is 0.225 e. The minimum atomic E-state index is 0.321. The highest BCUT2D eigenvalue weighted by molar-refractivity contribution is 7.10. The van der Waals surface area contributed by atoms with E-state index < -0.39 is 0 Å². The summed E-state index contributed by atoms with van der Waals surface area (Å²) in [6.45, 7) is 5.56. The van der Waals surface area contributed by atoms with Gasteiger partial charge in [0.15, 0.2) is 0 Å². The van der Waals surface area contributed by atoms with Gasteiger partial charge in [0, 0.05) is 49.9 Å². The minimum absolute atomic E-state index is 0.321. The smallest absolute Gasteiger partial charge is 0.225 e. The van der Waals surface area contributed by atoms with Gasteiger partial charge in [0.2, 0.25) is 11.9 Å². The van der Waals surface area contributed by atoms with Crippen LogP contribution in [0.25, 0.3) is 0 Å². The van der Waals surface area contributed by atoms with Gasteiger partial charge in [-0.1, -0.05) is 0 Å². The summed E-state index contributed by atoms with van der Waals surface area (Å²) in [6.07, 6.45) is 7.52. The van der Waals surface area contributed by atoms with Gasteiger partial charge in [-0.3, -0.25) is 4.79 Å². The summed E-state index contributed by atoms with van der Waals surface area (Å²) < 4.78 is 0. The number of aryl methyl sites for hydroxylation is 1. The Kier molecular flexibility index (Phi) is 4.70. The van der Waals surface area contributed by atoms with E-state index in [0.29, 0.717) is 18.2 Å². The van der Waals surface area contributed by atoms with Gasteiger partial charge in [0.1, 0.15) is 0 Å². The number of aromatic nitrogens is 2. The van der Waals surface area contributed by atoms with Gasteiger partial charge in [-0.2, -0.15) is 0 Å². The SMILES string of the molecule is Cc1cnc(N2CCC(CC(=O)N3CCc4sccc4C3)CC2)nc1. The second-order valence-corrected chi connectivity index (χ2v) is 8.13. The Morgan fingerprint density at radius 1 is 1.24 bits per heavy atom. The van der Waals surface area contributed by atoms with Crippen molar-refractivity contribution in [1.29, 1.82) is 0 Å². The Bertz CT molecular complexity index is 734. The lowest BCUT2D eigenvalue weighted by atomic mass is 9.92. The molecule has 2 aliphatic rings. The molecule has 0 spiro atoms. The largest absolute Gasteiger partial charge is 0.341 e. The normalized spacial score (nSPS) is 18.3. The second-order valence-electron chi connectivity index (χ2n) is 7.13. The van der Waals surface area contributed by atoms with Crippen molar-refractivity contribution in [2.24, 2.45) is 5.92 Å². The molecule has 1 fully saturated rings. The van der Waals surface area contributed by atoms with Crippen LogP contribution in [0.15, 0.2) is 23.8 Å². The Morgan fingerprint density at radius 3 is 2.76 bits per heavy atom. The van der Waals surface area contributed by atoms with E-state index in [4.69, 9.17) is 0 Å². The molecular weight excluding hydrogens is 332 g/mol. The molecule has 5 nitrogen and oxygen atoms in total. The molecule has 4 heterocycles. The third-order valence-corrected chi connectivity index (χ3v) is 6.31. The maximum atomic E-state index is 12.7. The molecular formula is C19H24N4OS. The Morgan fingerprint density at radius 2 is 2.00 bits per heavy atom. The first kappa shape index (κ1) is 16.5. The van der Waals surface area contributed by atoms with Crippen LogP contribution in [0.2, 0.25) is 0 Å². The van der Waals surface area contributed by atoms with Crippen molar-refractivity contribution >= 4 is 23.2 Å². The Hall–Kier alpha value is -1.95. The number of piperidine rings is 1. The highest BCUT2D eigenvalue weighted by atomic mass is 32.1. The molecule has 1 amide bonds. The molecule has 4 rings (SSSR count). The van der Waals surface area contributed by atoms with Crippen LogP contribution in [0.4, 0.5) is 5.95 Å². The number of anilines is 1. The van der Waals surface area contributed by atoms with E-state index >= 15 is 0 Å². The number of hydrogen-bond donors (Lipinski definition) is 0. The quantitative estimate of drug-likeness (QED) is 0.848. The van der Waals surface area contributed by atoms with Crippen LogP contribution in [0, 0.1) is 12.8 Å². The van der Waals surface area contributed by atoms with Gasteiger partial charge in [-0.15, -0.1) is 11.3 Å². The van der Waals surface area contributed by atoms with E-state index in [2.05, 4.69) is 26.3 Å². The van der Waals surface area contributed by atoms with Crippen molar-refractivity contribution in [3.05, 3.63) is 39.8 Å². The molecule has 2 aliphatic heterocycles. The van der Waals surface area contributed by atoms with E-state index in [0.717, 1.165) is 57.0 Å². The van der Waals surface area contributed by atoms with Crippen molar-refractivity contribution in [3.8, 4) is 0 Å². The van der Waals surface area contributed by atoms with Crippen LogP contribution in [-0.4, -0.2) is 40.4 Å². The second kappa shape index (κ2) is 7.12. The summed E-state index contributed by atoms with van der Waals surface area (Å²) in [5, 5.41) is 2.14. The molecule has 2 aromatic heterocycles. The molecule has 25 heavy (non-hydrogen) atoms. The predicted octanol–water partition coefficient (Wildman–Crippen LogP) is 3.04. The van der Waals surface area contributed by atoms with Crippen molar-refractivity contribution < 1.29 is 4.79 Å². The average Bonchev–Trinajstić information content (AvgIpc) is 3.11. The molecule has 0 radical (unpaired) electrons. The Labute approximate surface area is 152 Å². The standard InChI is InChI=1S/C19H24N4OS/c1-14-11-20-19(21-12-14)22-6-2-15(3-7-22)10-18(24)23-8-4-17-16(13-23)5-9-25-17/h5,9,11-12,15H,2-4,6-8,10,13H2,1H3. The van der Waals surface area contributed by atoms with Crippen LogP contribution in [0.5, 0.6) is 0 Å². The number of carbonyl (C=O) groups excluding carboxylic acids is 1. The monoisotopic (exact) mass is 356 g/mol. The van der Waals surface area contributed by atoms with Gasteiger partial charge >= 0.3 is 0 Å². The molecule has 0 N–H and O–H groups in total. The fourth-order valence-corrected chi connectivity index (χ4v) is 4.61. The Balaban J connectivity index is 1.28. The summed E-state index contributed by atoms with van der Waals surface area (Å²) in [6, 6.07) is 2.17. The summed E-state index contributed by atoms with van der Waals surface area (Å²) in [5.74, 6) is 1.62. The molecule has 0 saturated carbocycles. The molecule has 0 aromatic carbocycles. The van der Waals surface area contributed by atoms with E-state index in [1.54, 1.807) is 0 Å². The van der Waals surface area contributed by atoms with Gasteiger partial charge in [-0.05, 0) is 54.7 Å². The summed E-state index contributed by atoms with van der Waals surface area (Å²) in [4.78, 5) is 27.2. The molecule has 0 unspecified atom stereocenters. The van der Waals surface area contributed by atoms with Gasteiger partial charge in [-0.25, -0.2) is 9.97 Å². The maximum absolute atomic E-state index is 12.7. The number of thiophene rings is 1. The number of hydrogen-bond acceptors (Lipinski definition) is 5. The van der Waals surface area contributed by atoms with E-state index in [9.17, 15) is 4.79 Å². The molecule has 2 aromatic rings. The van der Waals surface area contributed by atoms with Crippen LogP contribution < -0.4 is 4.90 Å². The summed E-state index contributed by atoms with van der Waals surface area (Å²) >= 11 is 1.82. The van der Waals surface area contributed by atoms with Crippen LogP contribution >= 0.6 is 11.3 Å². The summed E-state index contributed by atoms with van der Waals surface area (Å²) in [5.41, 5.74) is 2.43. The predicted molar refractivity (Wildman–Crippen MR) is 99.8 cm³/mol. The zero-order valence-corrected chi connectivity index (χ0v) is 15.5. The number of rotatable bonds is 3. The third kappa shape index (κ3) is 3.68. The lowest BCUT2D eigenvalue weighted by Crippen LogP contribution is -2.39. The van der Waals surface area contributed by atoms with Crippen LogP contribution in [0.3, 0.4) is 0 Å². The first-order valence-corrected chi connectivity index (χ1v) is 9.93. The van der Waals surface area contributed by atoms with Gasteiger partial charge < -0.3 is 9.80 Å². The number of nitrogens with zero attached hydrogens (tertiary/aromatic N) is 4. The molecule has 6 heteroatoms. The number of amides is 1. The van der Waals surface area contributed by atoms with E-state index in [1.165, 1.54) is 10.4 Å². The topological polar surface area (TPSA) is 49.3 Å². The highest BCUT2D eigenvalue weighted by Crippen LogP contribution is 2.27. The first-order chi connectivity index (χ1) is 12.2. The lowest BCUT2D eigenvalue weighted by Gasteiger charge is -2.33. The fourth-order valence-electron chi connectivity index (χ4n) is 3.72. The van der Waals surface area contributed by atoms with Gasteiger partial charge in [0.25, 0.3) is 0 Å². The minimum Gasteiger partial charge on any atom is -0.341 e. The molecule has 1 saturated heterocycles. The fraction of sp³-hybridized carbons (Fsp3) is 0.526. The van der Waals surface area contributed by atoms with E-state index in [-0.39, 0.29) is 0 Å². The van der Waals surface area contributed by atoms with Crippen molar-refractivity contribution in [2.75, 3.05) is 24.5 Å². The zero-order chi connectivity index (χ0) is 17.2. The summed E-state index contributed by atoms with van der Waals surface area (Å²) in [7, 11) is 0. The molecule has 132 valence electrons. The highest BCUT2D eigenvalue weighted by Gasteiger charge is 2.27. The first-order valence-electron chi connectivity index (χ1n) is 9.05. The van der Waals surface area contributed by atoms with Crippen molar-refractivity contribution in [3.63, 3.8) is 0 Å². The molecule has 0 atom stereocenters.